The summed E-state index contributed by atoms with van der Waals surface area (Å²) in [6.45, 7) is 1.55. The molecule has 0 aliphatic rings. The number of imidazole rings is 1. The third kappa shape index (κ3) is 3.75. The fourth-order valence-corrected chi connectivity index (χ4v) is 3.47. The Kier molecular flexibility index (Phi) is 5.20. The van der Waals surface area contributed by atoms with Gasteiger partial charge in [-0.25, -0.2) is 4.98 Å². The highest BCUT2D eigenvalue weighted by Gasteiger charge is 2.18. The summed E-state index contributed by atoms with van der Waals surface area (Å²) in [6, 6.07) is 10.3. The molecule has 1 atom stereocenters. The van der Waals surface area contributed by atoms with E-state index in [0.29, 0.717) is 22.1 Å². The normalized spacial score (nSPS) is 12.4. The number of rotatable bonds is 4. The molecule has 8 heteroatoms. The summed E-state index contributed by atoms with van der Waals surface area (Å²) in [4.78, 5) is 16.9. The number of para-hydroxylation sites is 2. The number of benzene rings is 2. The van der Waals surface area contributed by atoms with Crippen LogP contribution in [0.3, 0.4) is 0 Å². The van der Waals surface area contributed by atoms with E-state index in [1.807, 2.05) is 24.3 Å². The Labute approximate surface area is 159 Å². The van der Waals surface area contributed by atoms with Gasteiger partial charge in [-0.3, -0.25) is 4.79 Å². The Morgan fingerprint density at radius 3 is 2.52 bits per heavy atom. The molecule has 0 radical (unpaired) electrons. The summed E-state index contributed by atoms with van der Waals surface area (Å²) in [5.74, 6) is 0.0563. The highest BCUT2D eigenvalue weighted by molar-refractivity contribution is 6.42. The zero-order valence-corrected chi connectivity index (χ0v) is 15.4. The summed E-state index contributed by atoms with van der Waals surface area (Å²) < 4.78 is 1.66. The number of aromatic nitrogens is 2. The second-order valence-corrected chi connectivity index (χ2v) is 6.76. The maximum atomic E-state index is 12.5. The lowest BCUT2D eigenvalue weighted by Gasteiger charge is -2.13. The fraction of sp³-hybridized carbons (Fsp3) is 0.176. The van der Waals surface area contributed by atoms with Crippen LogP contribution in [-0.2, 0) is 11.3 Å². The van der Waals surface area contributed by atoms with Crippen LogP contribution in [0.5, 0.6) is 0 Å². The Bertz CT molecular complexity index is 930. The lowest BCUT2D eigenvalue weighted by molar-refractivity contribution is -0.116. The first-order chi connectivity index (χ1) is 11.9. The lowest BCUT2D eigenvalue weighted by atomic mass is 10.3. The molecule has 2 N–H and O–H groups in total. The van der Waals surface area contributed by atoms with E-state index < -0.39 is 6.10 Å². The smallest absolute Gasteiger partial charge is 0.244 e. The molecule has 0 saturated carbocycles. The van der Waals surface area contributed by atoms with Crippen molar-refractivity contribution in [3.63, 3.8) is 0 Å². The number of nitrogens with one attached hydrogen (secondary N) is 1. The van der Waals surface area contributed by atoms with E-state index in [4.69, 9.17) is 34.8 Å². The lowest BCUT2D eigenvalue weighted by Crippen LogP contribution is -2.21. The number of hydrogen-bond acceptors (Lipinski definition) is 3. The van der Waals surface area contributed by atoms with Gasteiger partial charge in [0.15, 0.2) is 0 Å². The molecular formula is C17H14Cl3N3O2. The van der Waals surface area contributed by atoms with Gasteiger partial charge in [0.25, 0.3) is 0 Å². The van der Waals surface area contributed by atoms with Gasteiger partial charge in [-0.05, 0) is 31.2 Å². The van der Waals surface area contributed by atoms with E-state index in [0.717, 1.165) is 5.52 Å². The largest absolute Gasteiger partial charge is 0.385 e. The molecule has 130 valence electrons. The molecule has 0 bridgehead atoms. The molecule has 1 heterocycles. The van der Waals surface area contributed by atoms with Crippen molar-refractivity contribution in [1.82, 2.24) is 9.55 Å². The second kappa shape index (κ2) is 7.22. The molecule has 2 aromatic carbocycles. The number of fused-ring (bicyclic) bond motifs is 1. The number of anilines is 1. The number of carbonyl (C=O) groups excluding carboxylic acids is 1. The van der Waals surface area contributed by atoms with Crippen molar-refractivity contribution in [3.05, 3.63) is 57.3 Å². The molecule has 0 saturated heterocycles. The predicted molar refractivity (Wildman–Crippen MR) is 100 cm³/mol. The van der Waals surface area contributed by atoms with E-state index >= 15 is 0 Å². The molecule has 1 unspecified atom stereocenters. The van der Waals surface area contributed by atoms with Gasteiger partial charge in [-0.2, -0.15) is 0 Å². The summed E-state index contributed by atoms with van der Waals surface area (Å²) in [7, 11) is 0. The fourth-order valence-electron chi connectivity index (χ4n) is 2.56. The van der Waals surface area contributed by atoms with Crippen molar-refractivity contribution in [3.8, 4) is 0 Å². The molecule has 0 aliphatic heterocycles. The van der Waals surface area contributed by atoms with Crippen LogP contribution in [0.4, 0.5) is 5.69 Å². The Morgan fingerprint density at radius 1 is 1.24 bits per heavy atom. The van der Waals surface area contributed by atoms with Gasteiger partial charge < -0.3 is 15.0 Å². The molecule has 0 aliphatic carbocycles. The third-order valence-electron chi connectivity index (χ3n) is 3.63. The van der Waals surface area contributed by atoms with Crippen LogP contribution in [0, 0.1) is 0 Å². The van der Waals surface area contributed by atoms with Crippen molar-refractivity contribution in [2.24, 2.45) is 0 Å². The van der Waals surface area contributed by atoms with Gasteiger partial charge in [0, 0.05) is 5.02 Å². The van der Waals surface area contributed by atoms with E-state index in [9.17, 15) is 9.90 Å². The molecule has 0 fully saturated rings. The molecule has 3 rings (SSSR count). The van der Waals surface area contributed by atoms with E-state index in [1.165, 1.54) is 12.1 Å². The van der Waals surface area contributed by atoms with Crippen LogP contribution in [0.2, 0.25) is 15.1 Å². The topological polar surface area (TPSA) is 67.2 Å². The van der Waals surface area contributed by atoms with Gasteiger partial charge in [-0.15, -0.1) is 0 Å². The van der Waals surface area contributed by atoms with Crippen LogP contribution in [0.25, 0.3) is 11.0 Å². The Hall–Kier alpha value is -1.79. The highest BCUT2D eigenvalue weighted by Crippen LogP contribution is 2.33. The Morgan fingerprint density at radius 2 is 1.88 bits per heavy atom. The van der Waals surface area contributed by atoms with E-state index in [2.05, 4.69) is 10.3 Å². The number of nitrogens with zero attached hydrogens (tertiary/aromatic N) is 2. The number of halogens is 3. The first-order valence-electron chi connectivity index (χ1n) is 7.44. The maximum Gasteiger partial charge on any atom is 0.244 e. The summed E-state index contributed by atoms with van der Waals surface area (Å²) in [5, 5.41) is 13.5. The number of amides is 1. The molecule has 3 aromatic rings. The minimum Gasteiger partial charge on any atom is -0.385 e. The quantitative estimate of drug-likeness (QED) is 0.670. The second-order valence-electron chi connectivity index (χ2n) is 5.51. The number of aliphatic hydroxyl groups is 1. The zero-order valence-electron chi connectivity index (χ0n) is 13.1. The summed E-state index contributed by atoms with van der Waals surface area (Å²) in [6.07, 6.45) is -0.817. The minimum atomic E-state index is -0.817. The van der Waals surface area contributed by atoms with Crippen LogP contribution < -0.4 is 5.32 Å². The van der Waals surface area contributed by atoms with Gasteiger partial charge in [0.05, 0.1) is 26.8 Å². The van der Waals surface area contributed by atoms with Crippen molar-refractivity contribution >= 4 is 57.4 Å². The van der Waals surface area contributed by atoms with Crippen molar-refractivity contribution in [1.29, 1.82) is 0 Å². The SMILES string of the molecule is CC(O)c1nc2ccccc2n1CC(=O)Nc1c(Cl)cc(Cl)cc1Cl. The number of aliphatic hydroxyl groups excluding tert-OH is 1. The molecule has 0 spiro atoms. The molecule has 1 amide bonds. The first-order valence-corrected chi connectivity index (χ1v) is 8.58. The minimum absolute atomic E-state index is 0.0456. The number of hydrogen-bond donors (Lipinski definition) is 2. The zero-order chi connectivity index (χ0) is 18.1. The molecule has 5 nitrogen and oxygen atoms in total. The van der Waals surface area contributed by atoms with Crippen LogP contribution in [0.1, 0.15) is 18.9 Å². The van der Waals surface area contributed by atoms with Gasteiger partial charge in [-0.1, -0.05) is 46.9 Å². The van der Waals surface area contributed by atoms with Crippen molar-refractivity contribution in [2.45, 2.75) is 19.6 Å². The summed E-state index contributed by atoms with van der Waals surface area (Å²) >= 11 is 18.1. The predicted octanol–water partition coefficient (Wildman–Crippen LogP) is 4.69. The summed E-state index contributed by atoms with van der Waals surface area (Å²) in [5.41, 5.74) is 1.75. The monoisotopic (exact) mass is 397 g/mol. The third-order valence-corrected chi connectivity index (χ3v) is 4.45. The molecule has 25 heavy (non-hydrogen) atoms. The Balaban J connectivity index is 1.91. The van der Waals surface area contributed by atoms with Crippen molar-refractivity contribution < 1.29 is 9.90 Å². The first kappa shape index (κ1) is 18.0. The van der Waals surface area contributed by atoms with Gasteiger partial charge in [0.1, 0.15) is 18.5 Å². The van der Waals surface area contributed by atoms with Crippen LogP contribution >= 0.6 is 34.8 Å². The average molecular weight is 399 g/mol. The van der Waals surface area contributed by atoms with Gasteiger partial charge >= 0.3 is 0 Å². The standard InChI is InChI=1S/C17H14Cl3N3O2/c1-9(24)17-21-13-4-2-3-5-14(13)23(17)8-15(25)22-16-11(19)6-10(18)7-12(16)20/h2-7,9,24H,8H2,1H3,(H,22,25). The van der Waals surface area contributed by atoms with Crippen molar-refractivity contribution in [2.75, 3.05) is 5.32 Å². The van der Waals surface area contributed by atoms with Gasteiger partial charge in [0.2, 0.25) is 5.91 Å². The highest BCUT2D eigenvalue weighted by atomic mass is 35.5. The average Bonchev–Trinajstić information content (AvgIpc) is 2.90. The molecule has 1 aromatic heterocycles. The molecular weight excluding hydrogens is 385 g/mol. The van der Waals surface area contributed by atoms with E-state index in [-0.39, 0.29) is 22.5 Å². The number of carbonyl (C=O) groups is 1. The maximum absolute atomic E-state index is 12.5. The van der Waals surface area contributed by atoms with E-state index in [1.54, 1.807) is 11.5 Å². The van der Waals surface area contributed by atoms with Crippen LogP contribution in [-0.4, -0.2) is 20.6 Å². The van der Waals surface area contributed by atoms with Crippen LogP contribution in [0.15, 0.2) is 36.4 Å².